The number of fused-ring (bicyclic) bond motifs is 1. The van der Waals surface area contributed by atoms with Crippen LogP contribution in [0.5, 0.6) is 0 Å². The molecule has 0 spiro atoms. The second-order valence-electron chi connectivity index (χ2n) is 7.63. The maximum absolute atomic E-state index is 14.5. The van der Waals surface area contributed by atoms with Crippen molar-refractivity contribution in [2.24, 2.45) is 0 Å². The van der Waals surface area contributed by atoms with Gasteiger partial charge in [-0.3, -0.25) is 14.5 Å². The lowest BCUT2D eigenvalue weighted by Crippen LogP contribution is -2.46. The zero-order chi connectivity index (χ0) is 22.1. The number of aromatic amines is 1. The SMILES string of the molecule is CNC(=O)c1ccc(N2CCN(Cc3cc(F)c4nc(C)c(=O)[nH]c4c3)CC2)cc1F. The number of halogens is 2. The minimum Gasteiger partial charge on any atom is -0.369 e. The molecule has 0 aliphatic carbocycles. The minimum absolute atomic E-state index is 0.0194. The number of anilines is 1. The van der Waals surface area contributed by atoms with Gasteiger partial charge < -0.3 is 15.2 Å². The fourth-order valence-corrected chi connectivity index (χ4v) is 3.83. The van der Waals surface area contributed by atoms with E-state index in [2.05, 4.69) is 25.1 Å². The van der Waals surface area contributed by atoms with Gasteiger partial charge in [0, 0.05) is 45.5 Å². The predicted molar refractivity (Wildman–Crippen MR) is 114 cm³/mol. The first-order chi connectivity index (χ1) is 14.9. The van der Waals surface area contributed by atoms with Crippen LogP contribution < -0.4 is 15.8 Å². The van der Waals surface area contributed by atoms with Crippen molar-refractivity contribution in [2.45, 2.75) is 13.5 Å². The summed E-state index contributed by atoms with van der Waals surface area (Å²) in [5.41, 5.74) is 1.94. The van der Waals surface area contributed by atoms with Crippen LogP contribution in [0, 0.1) is 18.6 Å². The van der Waals surface area contributed by atoms with Gasteiger partial charge >= 0.3 is 0 Å². The van der Waals surface area contributed by atoms with E-state index in [1.165, 1.54) is 25.2 Å². The number of carbonyl (C=O) groups is 1. The van der Waals surface area contributed by atoms with Crippen LogP contribution >= 0.6 is 0 Å². The molecule has 2 N–H and O–H groups in total. The molecule has 1 aliphatic heterocycles. The summed E-state index contributed by atoms with van der Waals surface area (Å²) in [6.45, 7) is 4.84. The van der Waals surface area contributed by atoms with Crippen molar-refractivity contribution in [1.29, 1.82) is 0 Å². The first-order valence-electron chi connectivity index (χ1n) is 10.0. The largest absolute Gasteiger partial charge is 0.369 e. The van der Waals surface area contributed by atoms with Gasteiger partial charge in [-0.2, -0.15) is 0 Å². The number of amides is 1. The molecule has 2 aromatic carbocycles. The van der Waals surface area contributed by atoms with E-state index in [0.717, 1.165) is 11.3 Å². The molecule has 9 heteroatoms. The first-order valence-corrected chi connectivity index (χ1v) is 10.0. The van der Waals surface area contributed by atoms with Gasteiger partial charge in [0.25, 0.3) is 11.5 Å². The number of hydrogen-bond acceptors (Lipinski definition) is 5. The van der Waals surface area contributed by atoms with Crippen LogP contribution in [0.2, 0.25) is 0 Å². The number of benzene rings is 2. The van der Waals surface area contributed by atoms with E-state index < -0.39 is 17.5 Å². The zero-order valence-electron chi connectivity index (χ0n) is 17.3. The lowest BCUT2D eigenvalue weighted by atomic mass is 10.1. The third-order valence-corrected chi connectivity index (χ3v) is 5.55. The summed E-state index contributed by atoms with van der Waals surface area (Å²) in [7, 11) is 1.46. The number of nitrogens with one attached hydrogen (secondary N) is 2. The van der Waals surface area contributed by atoms with Crippen LogP contribution in [0.1, 0.15) is 21.6 Å². The highest BCUT2D eigenvalue weighted by Crippen LogP contribution is 2.22. The number of carbonyl (C=O) groups excluding carboxylic acids is 1. The summed E-state index contributed by atoms with van der Waals surface area (Å²) >= 11 is 0. The molecule has 1 saturated heterocycles. The summed E-state index contributed by atoms with van der Waals surface area (Å²) in [4.78, 5) is 34.4. The zero-order valence-corrected chi connectivity index (χ0v) is 17.3. The fourth-order valence-electron chi connectivity index (χ4n) is 3.83. The first kappa shape index (κ1) is 20.9. The average molecular weight is 427 g/mol. The van der Waals surface area contributed by atoms with Crippen LogP contribution in [0.3, 0.4) is 0 Å². The number of aromatic nitrogens is 2. The molecule has 1 aromatic heterocycles. The maximum atomic E-state index is 14.5. The van der Waals surface area contributed by atoms with Crippen molar-refractivity contribution in [3.05, 3.63) is 69.1 Å². The number of rotatable bonds is 4. The Morgan fingerprint density at radius 2 is 1.87 bits per heavy atom. The van der Waals surface area contributed by atoms with Crippen LogP contribution in [0.25, 0.3) is 11.0 Å². The lowest BCUT2D eigenvalue weighted by Gasteiger charge is -2.36. The molecular weight excluding hydrogens is 404 g/mol. The molecule has 0 unspecified atom stereocenters. The van der Waals surface area contributed by atoms with E-state index in [-0.39, 0.29) is 22.3 Å². The Balaban J connectivity index is 1.44. The van der Waals surface area contributed by atoms with E-state index in [0.29, 0.717) is 38.2 Å². The van der Waals surface area contributed by atoms with E-state index in [1.807, 2.05) is 0 Å². The summed E-state index contributed by atoms with van der Waals surface area (Å²) in [5.74, 6) is -1.47. The average Bonchev–Trinajstić information content (AvgIpc) is 2.75. The van der Waals surface area contributed by atoms with Gasteiger partial charge in [-0.1, -0.05) is 0 Å². The predicted octanol–water partition coefficient (Wildman–Crippen LogP) is 2.19. The number of H-pyrrole nitrogens is 1. The van der Waals surface area contributed by atoms with Gasteiger partial charge in [-0.15, -0.1) is 0 Å². The molecule has 2 heterocycles. The van der Waals surface area contributed by atoms with Gasteiger partial charge in [0.15, 0.2) is 5.82 Å². The standard InChI is InChI=1S/C22H23F2N5O2/c1-13-21(30)27-19-10-14(9-18(24)20(19)26-13)12-28-5-7-29(8-6-28)15-3-4-16(17(23)11-15)22(31)25-2/h3-4,9-11H,5-8,12H2,1-2H3,(H,25,31)(H,27,30). The minimum atomic E-state index is -0.552. The van der Waals surface area contributed by atoms with Crippen LogP contribution in [0.4, 0.5) is 14.5 Å². The number of nitrogens with zero attached hydrogens (tertiary/aromatic N) is 3. The lowest BCUT2D eigenvalue weighted by molar-refractivity contribution is 0.0959. The Hall–Kier alpha value is -3.33. The highest BCUT2D eigenvalue weighted by Gasteiger charge is 2.20. The molecular formula is C22H23F2N5O2. The molecule has 1 amide bonds. The molecule has 0 radical (unpaired) electrons. The Labute approximate surface area is 177 Å². The van der Waals surface area contributed by atoms with Crippen molar-refractivity contribution in [3.8, 4) is 0 Å². The molecule has 162 valence electrons. The van der Waals surface area contributed by atoms with E-state index in [1.54, 1.807) is 19.1 Å². The Morgan fingerprint density at radius 1 is 1.13 bits per heavy atom. The second-order valence-corrected chi connectivity index (χ2v) is 7.63. The number of hydrogen-bond donors (Lipinski definition) is 2. The summed E-state index contributed by atoms with van der Waals surface area (Å²) in [5, 5.41) is 2.42. The molecule has 4 rings (SSSR count). The topological polar surface area (TPSA) is 81.3 Å². The summed E-state index contributed by atoms with van der Waals surface area (Å²) in [6.07, 6.45) is 0. The van der Waals surface area contributed by atoms with Crippen LogP contribution in [0.15, 0.2) is 35.1 Å². The second kappa shape index (κ2) is 8.43. The fraction of sp³-hybridized carbons (Fsp3) is 0.318. The van der Waals surface area contributed by atoms with E-state index in [9.17, 15) is 18.4 Å². The molecule has 31 heavy (non-hydrogen) atoms. The molecule has 0 atom stereocenters. The molecule has 3 aromatic rings. The van der Waals surface area contributed by atoms with Gasteiger partial charge in [0.1, 0.15) is 17.0 Å². The van der Waals surface area contributed by atoms with Crippen LogP contribution in [-0.2, 0) is 6.54 Å². The Morgan fingerprint density at radius 3 is 2.55 bits per heavy atom. The highest BCUT2D eigenvalue weighted by atomic mass is 19.1. The molecule has 0 saturated carbocycles. The van der Waals surface area contributed by atoms with Gasteiger partial charge in [-0.05, 0) is 42.8 Å². The van der Waals surface area contributed by atoms with Crippen molar-refractivity contribution >= 4 is 22.6 Å². The van der Waals surface area contributed by atoms with Gasteiger partial charge in [0.2, 0.25) is 0 Å². The summed E-state index contributed by atoms with van der Waals surface area (Å²) in [6, 6.07) is 7.82. The molecule has 7 nitrogen and oxygen atoms in total. The quantitative estimate of drug-likeness (QED) is 0.667. The van der Waals surface area contributed by atoms with E-state index in [4.69, 9.17) is 0 Å². The van der Waals surface area contributed by atoms with Crippen molar-refractivity contribution in [3.63, 3.8) is 0 Å². The third kappa shape index (κ3) is 4.27. The number of aryl methyl sites for hydroxylation is 1. The van der Waals surface area contributed by atoms with Crippen molar-refractivity contribution < 1.29 is 13.6 Å². The van der Waals surface area contributed by atoms with Crippen LogP contribution in [-0.4, -0.2) is 54.0 Å². The molecule has 1 aliphatic rings. The van der Waals surface area contributed by atoms with Gasteiger partial charge in [0.05, 0.1) is 11.1 Å². The van der Waals surface area contributed by atoms with Crippen molar-refractivity contribution in [2.75, 3.05) is 38.1 Å². The van der Waals surface area contributed by atoms with E-state index >= 15 is 0 Å². The summed E-state index contributed by atoms with van der Waals surface area (Å²) < 4.78 is 28.7. The smallest absolute Gasteiger partial charge is 0.269 e. The maximum Gasteiger partial charge on any atom is 0.269 e. The van der Waals surface area contributed by atoms with Gasteiger partial charge in [-0.25, -0.2) is 13.8 Å². The molecule has 0 bridgehead atoms. The Bertz CT molecular complexity index is 1200. The highest BCUT2D eigenvalue weighted by molar-refractivity contribution is 5.94. The van der Waals surface area contributed by atoms with Crippen molar-refractivity contribution in [1.82, 2.24) is 20.2 Å². The normalized spacial score (nSPS) is 14.8. The molecule has 1 fully saturated rings. The monoisotopic (exact) mass is 427 g/mol. The number of piperazine rings is 1. The third-order valence-electron chi connectivity index (χ3n) is 5.55. The Kier molecular flexibility index (Phi) is 5.69.